The summed E-state index contributed by atoms with van der Waals surface area (Å²) < 4.78 is 0. The quantitative estimate of drug-likeness (QED) is 0.631. The van der Waals surface area contributed by atoms with Gasteiger partial charge in [0.1, 0.15) is 0 Å². The van der Waals surface area contributed by atoms with Gasteiger partial charge >= 0.3 is 0 Å². The zero-order valence-corrected chi connectivity index (χ0v) is 8.14. The van der Waals surface area contributed by atoms with Gasteiger partial charge in [-0.3, -0.25) is 0 Å². The molecule has 0 saturated heterocycles. The van der Waals surface area contributed by atoms with Crippen LogP contribution in [-0.4, -0.2) is 31.6 Å². The van der Waals surface area contributed by atoms with Crippen LogP contribution in [0.3, 0.4) is 0 Å². The molecule has 0 rings (SSSR count). The van der Waals surface area contributed by atoms with Gasteiger partial charge in [0.25, 0.3) is 0 Å². The minimum atomic E-state index is 0.774. The molecule has 0 spiro atoms. The largest absolute Gasteiger partial charge is 0.329 e. The molecule has 0 aromatic heterocycles. The lowest BCUT2D eigenvalue weighted by atomic mass is 10.0. The normalized spacial score (nSPS) is 11.5. The molecular formula is C9H22N2. The van der Waals surface area contributed by atoms with Gasteiger partial charge in [-0.05, 0) is 13.0 Å². The van der Waals surface area contributed by atoms with E-state index in [1.807, 2.05) is 0 Å². The van der Waals surface area contributed by atoms with Crippen molar-refractivity contribution in [2.75, 3.05) is 26.7 Å². The van der Waals surface area contributed by atoms with Crippen LogP contribution in [0.5, 0.6) is 0 Å². The van der Waals surface area contributed by atoms with E-state index in [9.17, 15) is 0 Å². The molecule has 0 aliphatic carbocycles. The molecule has 2 nitrogen and oxygen atoms in total. The smallest absolute Gasteiger partial charge is 0.0102 e. The van der Waals surface area contributed by atoms with Crippen molar-refractivity contribution in [2.24, 2.45) is 11.7 Å². The number of rotatable bonds is 6. The zero-order chi connectivity index (χ0) is 8.69. The topological polar surface area (TPSA) is 29.3 Å². The molecule has 2 heteroatoms. The maximum Gasteiger partial charge on any atom is 0.0102 e. The van der Waals surface area contributed by atoms with Crippen molar-refractivity contribution >= 4 is 0 Å². The second-order valence-electron chi connectivity index (χ2n) is 3.23. The third kappa shape index (κ3) is 5.22. The maximum atomic E-state index is 5.45. The monoisotopic (exact) mass is 158 g/mol. The third-order valence-corrected chi connectivity index (χ3v) is 2.24. The molecule has 0 aromatic rings. The summed E-state index contributed by atoms with van der Waals surface area (Å²) in [5.41, 5.74) is 5.45. The summed E-state index contributed by atoms with van der Waals surface area (Å²) in [5, 5.41) is 0. The van der Waals surface area contributed by atoms with Crippen LogP contribution in [0.2, 0.25) is 0 Å². The van der Waals surface area contributed by atoms with Crippen LogP contribution in [0.15, 0.2) is 0 Å². The first-order valence-electron chi connectivity index (χ1n) is 4.63. The fourth-order valence-electron chi connectivity index (χ4n) is 1.30. The first-order chi connectivity index (χ1) is 5.24. The van der Waals surface area contributed by atoms with Gasteiger partial charge in [-0.2, -0.15) is 0 Å². The van der Waals surface area contributed by atoms with Crippen LogP contribution < -0.4 is 5.73 Å². The molecule has 0 aliphatic rings. The minimum absolute atomic E-state index is 0.774. The molecule has 0 aromatic carbocycles. The van der Waals surface area contributed by atoms with E-state index in [1.165, 1.54) is 19.4 Å². The molecule has 0 bridgehead atoms. The van der Waals surface area contributed by atoms with Crippen LogP contribution in [0.1, 0.15) is 26.7 Å². The molecule has 0 radical (unpaired) electrons. The molecular weight excluding hydrogens is 136 g/mol. The zero-order valence-electron chi connectivity index (χ0n) is 8.14. The Morgan fingerprint density at radius 3 is 2.18 bits per heavy atom. The SMILES string of the molecule is CCC(CC)CN(C)CCN. The molecule has 0 atom stereocenters. The lowest BCUT2D eigenvalue weighted by Crippen LogP contribution is -2.30. The first kappa shape index (κ1) is 10.9. The predicted octanol–water partition coefficient (Wildman–Crippen LogP) is 1.31. The van der Waals surface area contributed by atoms with E-state index in [4.69, 9.17) is 5.73 Å². The second kappa shape index (κ2) is 6.62. The summed E-state index contributed by atoms with van der Waals surface area (Å²) in [5.74, 6) is 0.853. The van der Waals surface area contributed by atoms with Gasteiger partial charge in [0.2, 0.25) is 0 Å². The van der Waals surface area contributed by atoms with Gasteiger partial charge < -0.3 is 10.6 Å². The van der Waals surface area contributed by atoms with E-state index in [0.717, 1.165) is 19.0 Å². The molecule has 0 aliphatic heterocycles. The van der Waals surface area contributed by atoms with Crippen LogP contribution in [0.25, 0.3) is 0 Å². The molecule has 2 N–H and O–H groups in total. The number of hydrogen-bond acceptors (Lipinski definition) is 2. The Morgan fingerprint density at radius 1 is 1.27 bits per heavy atom. The summed E-state index contributed by atoms with van der Waals surface area (Å²) in [6.07, 6.45) is 2.57. The van der Waals surface area contributed by atoms with E-state index >= 15 is 0 Å². The highest BCUT2D eigenvalue weighted by molar-refractivity contribution is 4.60. The summed E-state index contributed by atoms with van der Waals surface area (Å²) >= 11 is 0. The Balaban J connectivity index is 3.44. The van der Waals surface area contributed by atoms with Gasteiger partial charge in [-0.15, -0.1) is 0 Å². The van der Waals surface area contributed by atoms with Crippen molar-refractivity contribution in [2.45, 2.75) is 26.7 Å². The lowest BCUT2D eigenvalue weighted by molar-refractivity contribution is 0.273. The average Bonchev–Trinajstić information content (AvgIpc) is 2.01. The van der Waals surface area contributed by atoms with Crippen LogP contribution in [0, 0.1) is 5.92 Å². The highest BCUT2D eigenvalue weighted by Gasteiger charge is 2.05. The molecule has 0 saturated carbocycles. The Bertz CT molecular complexity index is 79.6. The van der Waals surface area contributed by atoms with Crippen molar-refractivity contribution < 1.29 is 0 Å². The molecule has 68 valence electrons. The summed E-state index contributed by atoms with van der Waals surface area (Å²) in [6, 6.07) is 0. The van der Waals surface area contributed by atoms with E-state index in [-0.39, 0.29) is 0 Å². The predicted molar refractivity (Wildman–Crippen MR) is 50.6 cm³/mol. The fourth-order valence-corrected chi connectivity index (χ4v) is 1.30. The third-order valence-electron chi connectivity index (χ3n) is 2.24. The fraction of sp³-hybridized carbons (Fsp3) is 1.00. The van der Waals surface area contributed by atoms with E-state index in [0.29, 0.717) is 0 Å². The molecule has 0 fully saturated rings. The highest BCUT2D eigenvalue weighted by Crippen LogP contribution is 2.07. The van der Waals surface area contributed by atoms with Crippen LogP contribution >= 0.6 is 0 Å². The van der Waals surface area contributed by atoms with Crippen LogP contribution in [-0.2, 0) is 0 Å². The van der Waals surface area contributed by atoms with Crippen molar-refractivity contribution in [3.63, 3.8) is 0 Å². The molecule has 0 unspecified atom stereocenters. The van der Waals surface area contributed by atoms with Crippen LogP contribution in [0.4, 0.5) is 0 Å². The van der Waals surface area contributed by atoms with Gasteiger partial charge in [0.05, 0.1) is 0 Å². The highest BCUT2D eigenvalue weighted by atomic mass is 15.1. The van der Waals surface area contributed by atoms with Crippen molar-refractivity contribution in [1.82, 2.24) is 4.90 Å². The lowest BCUT2D eigenvalue weighted by Gasteiger charge is -2.21. The van der Waals surface area contributed by atoms with Gasteiger partial charge in [-0.1, -0.05) is 26.7 Å². The summed E-state index contributed by atoms with van der Waals surface area (Å²) in [4.78, 5) is 2.32. The first-order valence-corrected chi connectivity index (χ1v) is 4.63. The summed E-state index contributed by atoms with van der Waals surface area (Å²) in [7, 11) is 2.14. The Labute approximate surface area is 70.8 Å². The Morgan fingerprint density at radius 2 is 1.82 bits per heavy atom. The maximum absolute atomic E-state index is 5.45. The van der Waals surface area contributed by atoms with E-state index in [1.54, 1.807) is 0 Å². The number of likely N-dealkylation sites (N-methyl/N-ethyl adjacent to an activating group) is 1. The number of hydrogen-bond donors (Lipinski definition) is 1. The van der Waals surface area contributed by atoms with Gasteiger partial charge in [-0.25, -0.2) is 0 Å². The second-order valence-corrected chi connectivity index (χ2v) is 3.23. The Hall–Kier alpha value is -0.0800. The Kier molecular flexibility index (Phi) is 6.57. The van der Waals surface area contributed by atoms with Crippen molar-refractivity contribution in [1.29, 1.82) is 0 Å². The van der Waals surface area contributed by atoms with E-state index in [2.05, 4.69) is 25.8 Å². The van der Waals surface area contributed by atoms with Crippen molar-refractivity contribution in [3.8, 4) is 0 Å². The standard InChI is InChI=1S/C9H22N2/c1-4-9(5-2)8-11(3)7-6-10/h9H,4-8,10H2,1-3H3. The van der Waals surface area contributed by atoms with E-state index < -0.39 is 0 Å². The molecule has 0 amide bonds. The van der Waals surface area contributed by atoms with Gasteiger partial charge in [0.15, 0.2) is 0 Å². The minimum Gasteiger partial charge on any atom is -0.329 e. The summed E-state index contributed by atoms with van der Waals surface area (Å²) in [6.45, 7) is 7.51. The number of nitrogens with zero attached hydrogens (tertiary/aromatic N) is 1. The molecule has 0 heterocycles. The van der Waals surface area contributed by atoms with Gasteiger partial charge in [0, 0.05) is 19.6 Å². The van der Waals surface area contributed by atoms with Crippen molar-refractivity contribution in [3.05, 3.63) is 0 Å². The average molecular weight is 158 g/mol. The molecule has 11 heavy (non-hydrogen) atoms. The number of nitrogens with two attached hydrogens (primary N) is 1.